The van der Waals surface area contributed by atoms with Crippen LogP contribution in [0, 0.1) is 17.1 Å². The summed E-state index contributed by atoms with van der Waals surface area (Å²) >= 11 is 12.1. The van der Waals surface area contributed by atoms with Crippen LogP contribution >= 0.6 is 23.2 Å². The van der Waals surface area contributed by atoms with Crippen LogP contribution in [0.4, 0.5) is 10.2 Å². The van der Waals surface area contributed by atoms with E-state index in [1.54, 1.807) is 6.07 Å². The molecule has 0 aliphatic rings. The Bertz CT molecular complexity index is 1670. The summed E-state index contributed by atoms with van der Waals surface area (Å²) in [4.78, 5) is 3.45. The number of benzene rings is 2. The number of sulfonamides is 2. The zero-order valence-electron chi connectivity index (χ0n) is 18.4. The van der Waals surface area contributed by atoms with Crippen molar-refractivity contribution in [3.05, 3.63) is 87.3 Å². The molecule has 0 N–H and O–H groups in total. The zero-order valence-corrected chi connectivity index (χ0v) is 22.4. The number of rotatable bonds is 7. The molecule has 1 unspecified atom stereocenters. The van der Waals surface area contributed by atoms with Crippen LogP contribution in [0.3, 0.4) is 0 Å². The number of hydrogen-bond donors (Lipinski definition) is 0. The fourth-order valence-corrected chi connectivity index (χ4v) is 8.49. The van der Waals surface area contributed by atoms with Gasteiger partial charge in [0.2, 0.25) is 20.0 Å². The van der Waals surface area contributed by atoms with Crippen LogP contribution in [-0.2, 0) is 29.9 Å². The molecule has 1 aromatic heterocycles. The molecule has 36 heavy (non-hydrogen) atoms. The minimum Gasteiger partial charge on any atom is -0.236 e. The topological polar surface area (TPSA) is 142 Å². The van der Waals surface area contributed by atoms with Crippen LogP contribution in [0.15, 0.2) is 59.6 Å². The third-order valence-corrected chi connectivity index (χ3v) is 10.6. The standard InChI is InChI=1S/C21H16Cl2FN3O6S3/c1-34(28,29)27(35(2,30)31)20-10-16(18(23)12-26-20)21(17-9-13(11-25)3-8-19(17)24)36(32,33)15-6-4-14(22)5-7-15/h3-10,12,21H,1-2H3. The monoisotopic (exact) mass is 591 g/mol. The molecule has 190 valence electrons. The van der Waals surface area contributed by atoms with Gasteiger partial charge in [0, 0.05) is 16.8 Å². The van der Waals surface area contributed by atoms with Gasteiger partial charge < -0.3 is 0 Å². The van der Waals surface area contributed by atoms with Crippen molar-refractivity contribution in [1.82, 2.24) is 4.98 Å². The van der Waals surface area contributed by atoms with Gasteiger partial charge in [-0.05, 0) is 54.1 Å². The van der Waals surface area contributed by atoms with E-state index in [-0.39, 0.29) is 29.8 Å². The third-order valence-electron chi connectivity index (χ3n) is 4.80. The first-order chi connectivity index (χ1) is 16.6. The van der Waals surface area contributed by atoms with E-state index in [4.69, 9.17) is 23.2 Å². The second-order valence-electron chi connectivity index (χ2n) is 7.51. The van der Waals surface area contributed by atoms with E-state index in [0.29, 0.717) is 12.5 Å². The molecule has 2 aromatic carbocycles. The Morgan fingerprint density at radius 3 is 2.03 bits per heavy atom. The highest BCUT2D eigenvalue weighted by atomic mass is 35.5. The average Bonchev–Trinajstić information content (AvgIpc) is 2.75. The largest absolute Gasteiger partial charge is 0.246 e. The summed E-state index contributed by atoms with van der Waals surface area (Å²) in [6.07, 6.45) is 2.08. The summed E-state index contributed by atoms with van der Waals surface area (Å²) in [5, 5.41) is 7.26. The van der Waals surface area contributed by atoms with Gasteiger partial charge in [-0.15, -0.1) is 3.71 Å². The maximum Gasteiger partial charge on any atom is 0.246 e. The van der Waals surface area contributed by atoms with Crippen LogP contribution in [0.1, 0.15) is 21.9 Å². The molecule has 3 rings (SSSR count). The minimum atomic E-state index is -4.55. The Labute approximate surface area is 217 Å². The normalized spacial score (nSPS) is 13.1. The fraction of sp³-hybridized carbons (Fsp3) is 0.143. The SMILES string of the molecule is CS(=O)(=O)N(c1cc(C(c2cc(C#N)ccc2F)S(=O)(=O)c2ccc(Cl)cc2)c(Cl)cn1)S(C)(=O)=O. The number of nitriles is 1. The maximum absolute atomic E-state index is 15.1. The van der Waals surface area contributed by atoms with Crippen molar-refractivity contribution in [2.45, 2.75) is 10.1 Å². The molecule has 15 heteroatoms. The van der Waals surface area contributed by atoms with Crippen LogP contribution in [0.25, 0.3) is 0 Å². The van der Waals surface area contributed by atoms with Crippen molar-refractivity contribution in [3.8, 4) is 6.07 Å². The highest BCUT2D eigenvalue weighted by molar-refractivity contribution is 8.09. The molecule has 3 aromatic rings. The van der Waals surface area contributed by atoms with Gasteiger partial charge in [0.15, 0.2) is 15.7 Å². The molecule has 0 aliphatic carbocycles. The molecule has 0 fully saturated rings. The van der Waals surface area contributed by atoms with Gasteiger partial charge in [-0.3, -0.25) is 0 Å². The highest BCUT2D eigenvalue weighted by Gasteiger charge is 2.37. The van der Waals surface area contributed by atoms with Crippen LogP contribution in [0.2, 0.25) is 10.0 Å². The molecule has 9 nitrogen and oxygen atoms in total. The zero-order chi connectivity index (χ0) is 27.1. The van der Waals surface area contributed by atoms with Crippen molar-refractivity contribution in [2.75, 3.05) is 16.2 Å². The fourth-order valence-electron chi connectivity index (χ4n) is 3.41. The van der Waals surface area contributed by atoms with Crippen LogP contribution < -0.4 is 3.71 Å². The first-order valence-electron chi connectivity index (χ1n) is 9.62. The van der Waals surface area contributed by atoms with Crippen molar-refractivity contribution in [1.29, 1.82) is 5.26 Å². The van der Waals surface area contributed by atoms with Gasteiger partial charge in [0.25, 0.3) is 0 Å². The van der Waals surface area contributed by atoms with Gasteiger partial charge >= 0.3 is 0 Å². The first-order valence-corrected chi connectivity index (χ1v) is 15.6. The molecule has 0 radical (unpaired) electrons. The van der Waals surface area contributed by atoms with Crippen molar-refractivity contribution >= 4 is 58.9 Å². The number of anilines is 1. The van der Waals surface area contributed by atoms with Gasteiger partial charge in [-0.2, -0.15) is 5.26 Å². The maximum atomic E-state index is 15.1. The highest BCUT2D eigenvalue weighted by Crippen LogP contribution is 2.41. The van der Waals surface area contributed by atoms with Crippen molar-refractivity contribution in [2.24, 2.45) is 0 Å². The lowest BCUT2D eigenvalue weighted by Gasteiger charge is -2.23. The molecule has 0 amide bonds. The van der Waals surface area contributed by atoms with Gasteiger partial charge in [0.1, 0.15) is 11.1 Å². The quantitative estimate of drug-likeness (QED) is 0.404. The lowest BCUT2D eigenvalue weighted by atomic mass is 10.0. The van der Waals surface area contributed by atoms with E-state index in [9.17, 15) is 30.5 Å². The number of halogens is 3. The molecule has 0 bridgehead atoms. The summed E-state index contributed by atoms with van der Waals surface area (Å²) in [5.74, 6) is -1.69. The predicted molar refractivity (Wildman–Crippen MR) is 133 cm³/mol. The lowest BCUT2D eigenvalue weighted by molar-refractivity contribution is 0.577. The first kappa shape index (κ1) is 27.8. The van der Waals surface area contributed by atoms with Crippen molar-refractivity contribution < 1.29 is 29.6 Å². The molecular weight excluding hydrogens is 576 g/mol. The van der Waals surface area contributed by atoms with E-state index in [1.807, 2.05) is 0 Å². The van der Waals surface area contributed by atoms with Gasteiger partial charge in [0.05, 0.1) is 34.1 Å². The predicted octanol–water partition coefficient (Wildman–Crippen LogP) is 3.69. The Balaban J connectivity index is 2.43. The minimum absolute atomic E-state index is 0.00609. The van der Waals surface area contributed by atoms with Crippen LogP contribution in [0.5, 0.6) is 0 Å². The summed E-state index contributed by atoms with van der Waals surface area (Å²) < 4.78 is 91.7. The number of aromatic nitrogens is 1. The number of nitrogens with zero attached hydrogens (tertiary/aromatic N) is 3. The van der Waals surface area contributed by atoms with Crippen molar-refractivity contribution in [3.63, 3.8) is 0 Å². The molecule has 1 heterocycles. The Kier molecular flexibility index (Phi) is 7.69. The molecule has 0 saturated carbocycles. The summed E-state index contributed by atoms with van der Waals surface area (Å²) in [5.41, 5.74) is -0.918. The van der Waals surface area contributed by atoms with E-state index >= 15 is 4.39 Å². The number of pyridine rings is 1. The Morgan fingerprint density at radius 2 is 1.50 bits per heavy atom. The molecular formula is C21H16Cl2FN3O6S3. The molecule has 1 atom stereocenters. The van der Waals surface area contributed by atoms with Gasteiger partial charge in [-0.25, -0.2) is 34.6 Å². The summed E-state index contributed by atoms with van der Waals surface area (Å²) in [6.45, 7) is 0. The van der Waals surface area contributed by atoms with E-state index in [2.05, 4.69) is 4.98 Å². The van der Waals surface area contributed by atoms with E-state index < -0.39 is 52.3 Å². The van der Waals surface area contributed by atoms with Gasteiger partial charge in [-0.1, -0.05) is 23.2 Å². The summed E-state index contributed by atoms with van der Waals surface area (Å²) in [6, 6.07) is 10.6. The van der Waals surface area contributed by atoms with E-state index in [0.717, 1.165) is 30.5 Å². The molecule has 0 saturated heterocycles. The Morgan fingerprint density at radius 1 is 0.917 bits per heavy atom. The molecule has 0 spiro atoms. The second-order valence-corrected chi connectivity index (χ2v) is 14.3. The van der Waals surface area contributed by atoms with E-state index in [1.165, 1.54) is 24.3 Å². The smallest absolute Gasteiger partial charge is 0.236 e. The summed E-state index contributed by atoms with van der Waals surface area (Å²) in [7, 11) is -13.4. The average molecular weight is 592 g/mol. The second kappa shape index (κ2) is 9.95. The number of sulfone groups is 1. The Hall–Kier alpha value is -2.76. The third kappa shape index (κ3) is 5.63. The number of hydrogen-bond acceptors (Lipinski definition) is 8. The molecule has 0 aliphatic heterocycles. The lowest BCUT2D eigenvalue weighted by Crippen LogP contribution is -2.36. The van der Waals surface area contributed by atoms with Crippen LogP contribution in [-0.4, -0.2) is 42.7 Å².